The largest absolute Gasteiger partial charge is 0.497 e. The van der Waals surface area contributed by atoms with Crippen LogP contribution in [-0.2, 0) is 6.54 Å². The van der Waals surface area contributed by atoms with Crippen LogP contribution in [0.2, 0.25) is 5.02 Å². The lowest BCUT2D eigenvalue weighted by molar-refractivity contribution is 0.414. The summed E-state index contributed by atoms with van der Waals surface area (Å²) in [4.78, 5) is 6.38. The third-order valence-corrected chi connectivity index (χ3v) is 3.48. The van der Waals surface area contributed by atoms with Crippen LogP contribution in [0.4, 0.5) is 5.82 Å². The zero-order chi connectivity index (χ0) is 15.2. The Bertz CT molecular complexity index is 650. The SMILES string of the molecule is CCN(Cc1ccc(OC)cc1)c1ccc(Cl)c(C#N)n1. The summed E-state index contributed by atoms with van der Waals surface area (Å²) in [5.74, 6) is 1.58. The Kier molecular flexibility index (Phi) is 5.02. The van der Waals surface area contributed by atoms with E-state index in [2.05, 4.69) is 9.88 Å². The number of aromatic nitrogens is 1. The van der Waals surface area contributed by atoms with Gasteiger partial charge in [0.2, 0.25) is 0 Å². The van der Waals surface area contributed by atoms with Crippen LogP contribution in [-0.4, -0.2) is 18.6 Å². The van der Waals surface area contributed by atoms with Crippen molar-refractivity contribution in [2.75, 3.05) is 18.6 Å². The fraction of sp³-hybridized carbons (Fsp3) is 0.250. The molecule has 0 aliphatic heterocycles. The molecule has 2 rings (SSSR count). The molecule has 2 aromatic rings. The van der Waals surface area contributed by atoms with E-state index in [0.717, 1.165) is 23.7 Å². The number of hydrogen-bond donors (Lipinski definition) is 0. The van der Waals surface area contributed by atoms with Gasteiger partial charge in [-0.2, -0.15) is 5.26 Å². The average molecular weight is 302 g/mol. The monoisotopic (exact) mass is 301 g/mol. The Morgan fingerprint density at radius 1 is 1.24 bits per heavy atom. The van der Waals surface area contributed by atoms with E-state index >= 15 is 0 Å². The number of methoxy groups -OCH3 is 1. The number of ether oxygens (including phenoxy) is 1. The molecule has 0 bridgehead atoms. The van der Waals surface area contributed by atoms with Gasteiger partial charge in [-0.05, 0) is 36.8 Å². The molecule has 108 valence electrons. The highest BCUT2D eigenvalue weighted by Crippen LogP contribution is 2.21. The highest BCUT2D eigenvalue weighted by molar-refractivity contribution is 6.31. The molecule has 0 aliphatic carbocycles. The molecule has 0 saturated carbocycles. The summed E-state index contributed by atoms with van der Waals surface area (Å²) < 4.78 is 5.15. The van der Waals surface area contributed by atoms with E-state index in [1.165, 1.54) is 0 Å². The third kappa shape index (κ3) is 3.65. The molecule has 0 unspecified atom stereocenters. The van der Waals surface area contributed by atoms with Gasteiger partial charge in [-0.25, -0.2) is 4.98 Å². The molecule has 4 nitrogen and oxygen atoms in total. The molecule has 0 aliphatic rings. The van der Waals surface area contributed by atoms with Gasteiger partial charge >= 0.3 is 0 Å². The topological polar surface area (TPSA) is 49.1 Å². The predicted molar refractivity (Wildman–Crippen MR) is 83.7 cm³/mol. The molecule has 1 aromatic carbocycles. The molecule has 5 heteroatoms. The molecule has 0 saturated heterocycles. The van der Waals surface area contributed by atoms with Crippen molar-refractivity contribution < 1.29 is 4.74 Å². The lowest BCUT2D eigenvalue weighted by atomic mass is 10.2. The Balaban J connectivity index is 2.21. The van der Waals surface area contributed by atoms with Gasteiger partial charge in [0.15, 0.2) is 5.69 Å². The minimum absolute atomic E-state index is 0.252. The van der Waals surface area contributed by atoms with E-state index < -0.39 is 0 Å². The second kappa shape index (κ2) is 6.96. The average Bonchev–Trinajstić information content (AvgIpc) is 2.54. The molecule has 0 fully saturated rings. The first-order chi connectivity index (χ1) is 10.2. The smallest absolute Gasteiger partial charge is 0.161 e. The number of benzene rings is 1. The van der Waals surface area contributed by atoms with Gasteiger partial charge in [0.05, 0.1) is 12.1 Å². The lowest BCUT2D eigenvalue weighted by Gasteiger charge is -2.22. The van der Waals surface area contributed by atoms with Crippen molar-refractivity contribution in [3.05, 3.63) is 52.7 Å². The Morgan fingerprint density at radius 2 is 1.95 bits per heavy atom. The number of nitriles is 1. The maximum absolute atomic E-state index is 9.02. The van der Waals surface area contributed by atoms with Crippen LogP contribution < -0.4 is 9.64 Å². The van der Waals surface area contributed by atoms with E-state index in [1.54, 1.807) is 13.2 Å². The van der Waals surface area contributed by atoms with Crippen LogP contribution in [0, 0.1) is 11.3 Å². The van der Waals surface area contributed by atoms with Crippen LogP contribution in [0.15, 0.2) is 36.4 Å². The predicted octanol–water partition coefficient (Wildman–Crippen LogP) is 3.64. The maximum Gasteiger partial charge on any atom is 0.161 e. The van der Waals surface area contributed by atoms with E-state index in [-0.39, 0.29) is 5.69 Å². The summed E-state index contributed by atoms with van der Waals surface area (Å²) in [6.07, 6.45) is 0. The Labute approximate surface area is 129 Å². The van der Waals surface area contributed by atoms with Gasteiger partial charge in [-0.3, -0.25) is 0 Å². The van der Waals surface area contributed by atoms with Gasteiger partial charge in [0, 0.05) is 13.1 Å². The minimum Gasteiger partial charge on any atom is -0.497 e. The van der Waals surface area contributed by atoms with E-state index in [1.807, 2.05) is 43.3 Å². The first-order valence-electron chi connectivity index (χ1n) is 6.62. The minimum atomic E-state index is 0.252. The van der Waals surface area contributed by atoms with Crippen LogP contribution in [0.1, 0.15) is 18.2 Å². The normalized spacial score (nSPS) is 10.0. The van der Waals surface area contributed by atoms with Gasteiger partial charge in [-0.15, -0.1) is 0 Å². The second-order valence-electron chi connectivity index (χ2n) is 4.47. The van der Waals surface area contributed by atoms with Crippen molar-refractivity contribution >= 4 is 17.4 Å². The quantitative estimate of drug-likeness (QED) is 0.846. The number of halogens is 1. The zero-order valence-corrected chi connectivity index (χ0v) is 12.8. The second-order valence-corrected chi connectivity index (χ2v) is 4.88. The van der Waals surface area contributed by atoms with E-state index in [0.29, 0.717) is 11.6 Å². The number of rotatable bonds is 5. The molecule has 0 amide bonds. The van der Waals surface area contributed by atoms with Crippen molar-refractivity contribution in [3.63, 3.8) is 0 Å². The first kappa shape index (κ1) is 15.1. The van der Waals surface area contributed by atoms with Crippen molar-refractivity contribution in [3.8, 4) is 11.8 Å². The first-order valence-corrected chi connectivity index (χ1v) is 7.00. The zero-order valence-electron chi connectivity index (χ0n) is 12.0. The van der Waals surface area contributed by atoms with E-state index in [9.17, 15) is 0 Å². The lowest BCUT2D eigenvalue weighted by Crippen LogP contribution is -2.23. The Hall–Kier alpha value is -2.25. The van der Waals surface area contributed by atoms with Crippen LogP contribution in [0.25, 0.3) is 0 Å². The Morgan fingerprint density at radius 3 is 2.52 bits per heavy atom. The number of pyridine rings is 1. The standard InChI is InChI=1S/C16H16ClN3O/c1-3-20(11-12-4-6-13(21-2)7-5-12)16-9-8-14(17)15(10-18)19-16/h4-9H,3,11H2,1-2H3. The fourth-order valence-corrected chi connectivity index (χ4v) is 2.14. The third-order valence-electron chi connectivity index (χ3n) is 3.18. The summed E-state index contributed by atoms with van der Waals surface area (Å²) in [5, 5.41) is 9.39. The summed E-state index contributed by atoms with van der Waals surface area (Å²) >= 11 is 5.92. The molecule has 1 heterocycles. The van der Waals surface area contributed by atoms with Gasteiger partial charge in [-0.1, -0.05) is 23.7 Å². The summed E-state index contributed by atoms with van der Waals surface area (Å²) in [6.45, 7) is 3.54. The fourth-order valence-electron chi connectivity index (χ4n) is 1.99. The highest BCUT2D eigenvalue weighted by Gasteiger charge is 2.10. The van der Waals surface area contributed by atoms with Crippen molar-refractivity contribution in [1.82, 2.24) is 4.98 Å². The number of nitrogens with zero attached hydrogens (tertiary/aromatic N) is 3. The van der Waals surface area contributed by atoms with Crippen molar-refractivity contribution in [1.29, 1.82) is 5.26 Å². The van der Waals surface area contributed by atoms with Gasteiger partial charge < -0.3 is 9.64 Å². The molecule has 0 atom stereocenters. The molecule has 0 radical (unpaired) electrons. The maximum atomic E-state index is 9.02. The molecule has 21 heavy (non-hydrogen) atoms. The highest BCUT2D eigenvalue weighted by atomic mass is 35.5. The summed E-state index contributed by atoms with van der Waals surface area (Å²) in [7, 11) is 1.65. The number of anilines is 1. The van der Waals surface area contributed by atoms with Crippen molar-refractivity contribution in [2.24, 2.45) is 0 Å². The van der Waals surface area contributed by atoms with Gasteiger partial charge in [0.25, 0.3) is 0 Å². The molecule has 1 aromatic heterocycles. The van der Waals surface area contributed by atoms with Crippen molar-refractivity contribution in [2.45, 2.75) is 13.5 Å². The van der Waals surface area contributed by atoms with Crippen LogP contribution in [0.5, 0.6) is 5.75 Å². The number of hydrogen-bond acceptors (Lipinski definition) is 4. The molecular weight excluding hydrogens is 286 g/mol. The molecule has 0 N–H and O–H groups in total. The van der Waals surface area contributed by atoms with Gasteiger partial charge in [0.1, 0.15) is 17.6 Å². The van der Waals surface area contributed by atoms with Crippen LogP contribution >= 0.6 is 11.6 Å². The molecule has 0 spiro atoms. The molecular formula is C16H16ClN3O. The summed E-state index contributed by atoms with van der Waals surface area (Å²) in [5.41, 5.74) is 1.40. The van der Waals surface area contributed by atoms with E-state index in [4.69, 9.17) is 21.6 Å². The summed E-state index contributed by atoms with van der Waals surface area (Å²) in [6, 6.07) is 13.4. The van der Waals surface area contributed by atoms with Crippen LogP contribution in [0.3, 0.4) is 0 Å².